The number of nitrogens with zero attached hydrogens (tertiary/aromatic N) is 1. The zero-order valence-electron chi connectivity index (χ0n) is 8.75. The molecule has 0 N–H and O–H groups in total. The van der Waals surface area contributed by atoms with Crippen LogP contribution in [0.15, 0.2) is 30.8 Å². The Kier molecular flexibility index (Phi) is 3.48. The highest BCUT2D eigenvalue weighted by molar-refractivity contribution is 5.74. The number of hydrogen-bond acceptors (Lipinski definition) is 1. The van der Waals surface area contributed by atoms with E-state index in [-0.39, 0.29) is 0 Å². The van der Waals surface area contributed by atoms with E-state index in [1.165, 1.54) is 5.56 Å². The van der Waals surface area contributed by atoms with E-state index in [0.717, 1.165) is 12.0 Å². The molecule has 0 spiro atoms. The van der Waals surface area contributed by atoms with Gasteiger partial charge in [0.05, 0.1) is 11.6 Å². The molecule has 72 valence electrons. The fourth-order valence-corrected chi connectivity index (χ4v) is 1.38. The topological polar surface area (TPSA) is 23.8 Å². The molecular formula is C13H15N. The van der Waals surface area contributed by atoms with Gasteiger partial charge in [0, 0.05) is 0 Å². The molecule has 0 saturated heterocycles. The lowest BCUT2D eigenvalue weighted by Crippen LogP contribution is -1.93. The number of nitriles is 1. The van der Waals surface area contributed by atoms with Gasteiger partial charge in [-0.15, -0.1) is 0 Å². The monoisotopic (exact) mass is 185 g/mol. The standard InChI is InChI=1S/C13H15N/c1-10(2)8-12-4-6-13(7-5-12)11(3)9-14/h4-7,10H,3,8H2,1-2H3. The first-order chi connectivity index (χ1) is 6.63. The van der Waals surface area contributed by atoms with Crippen LogP contribution in [0.3, 0.4) is 0 Å². The van der Waals surface area contributed by atoms with E-state index in [9.17, 15) is 0 Å². The molecule has 1 rings (SSSR count). The van der Waals surface area contributed by atoms with Gasteiger partial charge >= 0.3 is 0 Å². The van der Waals surface area contributed by atoms with Crippen molar-refractivity contribution in [1.29, 1.82) is 5.26 Å². The van der Waals surface area contributed by atoms with Crippen LogP contribution in [0.4, 0.5) is 0 Å². The zero-order valence-corrected chi connectivity index (χ0v) is 8.75. The highest BCUT2D eigenvalue weighted by atomic mass is 14.2. The van der Waals surface area contributed by atoms with Gasteiger partial charge in [-0.3, -0.25) is 0 Å². The van der Waals surface area contributed by atoms with Gasteiger partial charge in [0.2, 0.25) is 0 Å². The Morgan fingerprint density at radius 2 is 1.93 bits per heavy atom. The molecule has 0 amide bonds. The highest BCUT2D eigenvalue weighted by Gasteiger charge is 1.99. The molecule has 0 heterocycles. The molecule has 1 heteroatoms. The zero-order chi connectivity index (χ0) is 10.6. The summed E-state index contributed by atoms with van der Waals surface area (Å²) in [6.07, 6.45) is 1.08. The van der Waals surface area contributed by atoms with Crippen molar-refractivity contribution in [1.82, 2.24) is 0 Å². The second-order valence-electron chi connectivity index (χ2n) is 3.89. The second kappa shape index (κ2) is 4.62. The SMILES string of the molecule is C=C(C#N)c1ccc(CC(C)C)cc1. The summed E-state index contributed by atoms with van der Waals surface area (Å²) in [5.74, 6) is 0.667. The van der Waals surface area contributed by atoms with Crippen molar-refractivity contribution >= 4 is 5.57 Å². The summed E-state index contributed by atoms with van der Waals surface area (Å²) in [5, 5.41) is 8.65. The fraction of sp³-hybridized carbons (Fsp3) is 0.308. The number of benzene rings is 1. The highest BCUT2D eigenvalue weighted by Crippen LogP contribution is 2.14. The Morgan fingerprint density at radius 3 is 2.36 bits per heavy atom. The number of allylic oxidation sites excluding steroid dienone is 1. The molecule has 1 aromatic carbocycles. The maximum absolute atomic E-state index is 8.65. The van der Waals surface area contributed by atoms with Crippen LogP contribution in [0.1, 0.15) is 25.0 Å². The van der Waals surface area contributed by atoms with Gasteiger partial charge in [-0.1, -0.05) is 44.7 Å². The molecule has 1 aromatic rings. The van der Waals surface area contributed by atoms with E-state index in [2.05, 4.69) is 32.6 Å². The van der Waals surface area contributed by atoms with Gasteiger partial charge in [0.15, 0.2) is 0 Å². The Bertz CT molecular complexity index is 352. The summed E-state index contributed by atoms with van der Waals surface area (Å²) in [5.41, 5.74) is 2.76. The minimum Gasteiger partial charge on any atom is -0.192 e. The molecule has 0 aliphatic heterocycles. The molecule has 0 bridgehead atoms. The molecule has 0 unspecified atom stereocenters. The van der Waals surface area contributed by atoms with E-state index in [0.29, 0.717) is 11.5 Å². The molecule has 0 aliphatic rings. The molecule has 0 fully saturated rings. The molecule has 0 aromatic heterocycles. The quantitative estimate of drug-likeness (QED) is 0.662. The second-order valence-corrected chi connectivity index (χ2v) is 3.89. The van der Waals surface area contributed by atoms with Crippen molar-refractivity contribution < 1.29 is 0 Å². The molecule has 0 radical (unpaired) electrons. The first-order valence-corrected chi connectivity index (χ1v) is 4.82. The summed E-state index contributed by atoms with van der Waals surface area (Å²) in [7, 11) is 0. The van der Waals surface area contributed by atoms with Crippen LogP contribution in [0.5, 0.6) is 0 Å². The minimum atomic E-state index is 0.529. The van der Waals surface area contributed by atoms with Gasteiger partial charge in [-0.05, 0) is 23.5 Å². The predicted molar refractivity (Wildman–Crippen MR) is 59.6 cm³/mol. The van der Waals surface area contributed by atoms with Crippen LogP contribution in [-0.4, -0.2) is 0 Å². The Balaban J connectivity index is 2.80. The van der Waals surface area contributed by atoms with Crippen LogP contribution < -0.4 is 0 Å². The summed E-state index contributed by atoms with van der Waals surface area (Å²) in [4.78, 5) is 0. The summed E-state index contributed by atoms with van der Waals surface area (Å²) < 4.78 is 0. The molecule has 1 nitrogen and oxygen atoms in total. The first kappa shape index (κ1) is 10.5. The summed E-state index contributed by atoms with van der Waals surface area (Å²) in [6, 6.07) is 10.1. The Hall–Kier alpha value is -1.55. The predicted octanol–water partition coefficient (Wildman–Crippen LogP) is 3.42. The van der Waals surface area contributed by atoms with Gasteiger partial charge in [-0.25, -0.2) is 0 Å². The normalized spacial score (nSPS) is 9.86. The van der Waals surface area contributed by atoms with Crippen molar-refractivity contribution in [2.24, 2.45) is 5.92 Å². The van der Waals surface area contributed by atoms with Gasteiger partial charge in [0.25, 0.3) is 0 Å². The van der Waals surface area contributed by atoms with Gasteiger partial charge in [-0.2, -0.15) is 5.26 Å². The van der Waals surface area contributed by atoms with Crippen molar-refractivity contribution in [3.8, 4) is 6.07 Å². The van der Waals surface area contributed by atoms with Crippen LogP contribution in [-0.2, 0) is 6.42 Å². The lowest BCUT2D eigenvalue weighted by Gasteiger charge is -2.05. The average Bonchev–Trinajstić information content (AvgIpc) is 2.17. The van der Waals surface area contributed by atoms with Crippen LogP contribution >= 0.6 is 0 Å². The first-order valence-electron chi connectivity index (χ1n) is 4.82. The maximum atomic E-state index is 8.65. The van der Waals surface area contributed by atoms with E-state index in [1.807, 2.05) is 18.2 Å². The van der Waals surface area contributed by atoms with E-state index >= 15 is 0 Å². The number of rotatable bonds is 3. The lowest BCUT2D eigenvalue weighted by atomic mass is 10.00. The van der Waals surface area contributed by atoms with Gasteiger partial charge in [0.1, 0.15) is 0 Å². The largest absolute Gasteiger partial charge is 0.192 e. The van der Waals surface area contributed by atoms with Crippen molar-refractivity contribution in [2.75, 3.05) is 0 Å². The Labute approximate surface area is 85.7 Å². The smallest absolute Gasteiger partial charge is 0.0991 e. The fourth-order valence-electron chi connectivity index (χ4n) is 1.38. The third-order valence-corrected chi connectivity index (χ3v) is 2.08. The molecule has 0 aliphatic carbocycles. The van der Waals surface area contributed by atoms with Crippen molar-refractivity contribution in [3.05, 3.63) is 42.0 Å². The molecule has 0 saturated carbocycles. The molecular weight excluding hydrogens is 170 g/mol. The molecule has 14 heavy (non-hydrogen) atoms. The Morgan fingerprint density at radius 1 is 1.36 bits per heavy atom. The van der Waals surface area contributed by atoms with E-state index < -0.39 is 0 Å². The lowest BCUT2D eigenvalue weighted by molar-refractivity contribution is 0.647. The third-order valence-electron chi connectivity index (χ3n) is 2.08. The third kappa shape index (κ3) is 2.74. The van der Waals surface area contributed by atoms with Crippen LogP contribution in [0.25, 0.3) is 5.57 Å². The average molecular weight is 185 g/mol. The van der Waals surface area contributed by atoms with Crippen molar-refractivity contribution in [3.63, 3.8) is 0 Å². The maximum Gasteiger partial charge on any atom is 0.0991 e. The van der Waals surface area contributed by atoms with Crippen molar-refractivity contribution in [2.45, 2.75) is 20.3 Å². The summed E-state index contributed by atoms with van der Waals surface area (Å²) >= 11 is 0. The van der Waals surface area contributed by atoms with Gasteiger partial charge < -0.3 is 0 Å². The van der Waals surface area contributed by atoms with E-state index in [4.69, 9.17) is 5.26 Å². The van der Waals surface area contributed by atoms with E-state index in [1.54, 1.807) is 0 Å². The van der Waals surface area contributed by atoms with Crippen LogP contribution in [0.2, 0.25) is 0 Å². The summed E-state index contributed by atoms with van der Waals surface area (Å²) in [6.45, 7) is 8.07. The molecule has 0 atom stereocenters. The van der Waals surface area contributed by atoms with Crippen LogP contribution in [0, 0.1) is 17.2 Å². The minimum absolute atomic E-state index is 0.529. The number of hydrogen-bond donors (Lipinski definition) is 0.